The smallest absolute Gasteiger partial charge is 0.296 e. The van der Waals surface area contributed by atoms with Crippen molar-refractivity contribution in [3.63, 3.8) is 0 Å². The molecule has 0 fully saturated rings. The molecule has 0 amide bonds. The van der Waals surface area contributed by atoms with Crippen LogP contribution < -0.4 is 3.69 Å². The summed E-state index contributed by atoms with van der Waals surface area (Å²) in [6.45, 7) is 4.45. The fourth-order valence-corrected chi connectivity index (χ4v) is 2.53. The first-order valence-corrected chi connectivity index (χ1v) is 8.49. The highest BCUT2D eigenvalue weighted by Gasteiger charge is 1.98. The molecule has 0 unspecified atom stereocenters. The zero-order valence-electron chi connectivity index (χ0n) is 7.38. The normalized spacial score (nSPS) is 9.00. The molecular formula is C9H12Br2Mg. The average molecular weight is 304 g/mol. The molecule has 0 aliphatic carbocycles. The quantitative estimate of drug-likeness (QED) is 0.737. The molecule has 0 saturated carbocycles. The lowest BCUT2D eigenvalue weighted by atomic mass is 10.0. The molecule has 1 aromatic carbocycles. The monoisotopic (exact) mass is 302 g/mol. The van der Waals surface area contributed by atoms with Crippen LogP contribution in [0.5, 0.6) is 0 Å². The first-order valence-electron chi connectivity index (χ1n) is 3.89. The van der Waals surface area contributed by atoms with Gasteiger partial charge in [-0.3, -0.25) is 12.9 Å². The van der Waals surface area contributed by atoms with Gasteiger partial charge in [0.05, 0.1) is 0 Å². The van der Waals surface area contributed by atoms with E-state index in [1.807, 2.05) is 0 Å². The summed E-state index contributed by atoms with van der Waals surface area (Å²) in [6.07, 6.45) is 0. The topological polar surface area (TPSA) is 0 Å². The summed E-state index contributed by atoms with van der Waals surface area (Å²) in [4.78, 5) is 0. The minimum atomic E-state index is -0.137. The zero-order chi connectivity index (χ0) is 8.27. The van der Waals surface area contributed by atoms with Crippen LogP contribution in [-0.4, -0.2) is 18.2 Å². The van der Waals surface area contributed by atoms with Crippen molar-refractivity contribution in [1.29, 1.82) is 0 Å². The third-order valence-electron chi connectivity index (χ3n) is 1.80. The van der Waals surface area contributed by atoms with Crippen molar-refractivity contribution in [1.82, 2.24) is 0 Å². The highest BCUT2D eigenvalue weighted by atomic mass is 79.9. The maximum absolute atomic E-state index is 3.56. The van der Waals surface area contributed by atoms with E-state index in [-0.39, 0.29) is 35.2 Å². The van der Waals surface area contributed by atoms with E-state index in [0.717, 1.165) is 0 Å². The van der Waals surface area contributed by atoms with Crippen LogP contribution in [0.25, 0.3) is 0 Å². The van der Waals surface area contributed by atoms with E-state index in [0.29, 0.717) is 5.92 Å². The predicted molar refractivity (Wildman–Crippen MR) is 65.2 cm³/mol. The Balaban J connectivity index is 0.00000121. The van der Waals surface area contributed by atoms with Gasteiger partial charge >= 0.3 is 18.2 Å². The van der Waals surface area contributed by atoms with Gasteiger partial charge < -0.3 is 0 Å². The van der Waals surface area contributed by atoms with Gasteiger partial charge in [-0.2, -0.15) is 3.69 Å². The molecular weight excluding hydrogens is 292 g/mol. The summed E-state index contributed by atoms with van der Waals surface area (Å²) in [5, 5.41) is 0. The van der Waals surface area contributed by atoms with Crippen molar-refractivity contribution in [2.24, 2.45) is 0 Å². The highest BCUT2D eigenvalue weighted by molar-refractivity contribution is 9.23. The Morgan fingerprint density at radius 2 is 1.67 bits per heavy atom. The van der Waals surface area contributed by atoms with Gasteiger partial charge in [-0.25, -0.2) is 0 Å². The summed E-state index contributed by atoms with van der Waals surface area (Å²) in [7, 11) is 0. The number of hydrogen-bond acceptors (Lipinski definition) is 0. The standard InChI is InChI=1S/C9H11.2BrH.Mg/c1-8(2)9-6-4-3-5-7-9;;;/h4-8H,1-2H3;2*1H;/q;;;+1/p-1. The molecule has 12 heavy (non-hydrogen) atoms. The van der Waals surface area contributed by atoms with E-state index in [1.165, 1.54) is 9.26 Å². The molecule has 0 nitrogen and oxygen atoms in total. The van der Waals surface area contributed by atoms with Crippen LogP contribution in [0.15, 0.2) is 24.3 Å². The molecule has 0 spiro atoms. The molecule has 0 aromatic heterocycles. The van der Waals surface area contributed by atoms with Crippen LogP contribution in [0.2, 0.25) is 0 Å². The minimum Gasteiger partial charge on any atom is -0.296 e. The van der Waals surface area contributed by atoms with Crippen molar-refractivity contribution in [3.8, 4) is 0 Å². The fourth-order valence-electron chi connectivity index (χ4n) is 0.992. The maximum atomic E-state index is 3.56. The molecule has 0 heterocycles. The van der Waals surface area contributed by atoms with E-state index in [9.17, 15) is 0 Å². The molecule has 1 rings (SSSR count). The summed E-state index contributed by atoms with van der Waals surface area (Å²) in [5.41, 5.74) is 1.43. The van der Waals surface area contributed by atoms with E-state index < -0.39 is 0 Å². The Labute approximate surface area is 100 Å². The molecule has 0 aliphatic heterocycles. The predicted octanol–water partition coefficient (Wildman–Crippen LogP) is 3.03. The Bertz CT molecular complexity index is 218. The van der Waals surface area contributed by atoms with Gasteiger partial charge in [0, 0.05) is 0 Å². The summed E-state index contributed by atoms with van der Waals surface area (Å²) >= 11 is 3.42. The first-order chi connectivity index (χ1) is 5.24. The molecule has 0 bridgehead atoms. The molecule has 0 radical (unpaired) electrons. The zero-order valence-corrected chi connectivity index (χ0v) is 12.1. The SMILES string of the molecule is Br.CC(C)c1cc[c]([Mg][Br])cc1. The molecule has 0 aliphatic rings. The average Bonchev–Trinajstić information content (AvgIpc) is 2.05. The Kier molecular flexibility index (Phi) is 6.91. The van der Waals surface area contributed by atoms with Gasteiger partial charge in [0.15, 0.2) is 0 Å². The number of benzene rings is 1. The van der Waals surface area contributed by atoms with Crippen LogP contribution in [0, 0.1) is 0 Å². The molecule has 0 atom stereocenters. The van der Waals surface area contributed by atoms with Crippen LogP contribution >= 0.6 is 29.9 Å². The van der Waals surface area contributed by atoms with Crippen LogP contribution in [0.1, 0.15) is 25.3 Å². The lowest BCUT2D eigenvalue weighted by Gasteiger charge is -2.04. The fraction of sp³-hybridized carbons (Fsp3) is 0.333. The van der Waals surface area contributed by atoms with E-state index >= 15 is 0 Å². The van der Waals surface area contributed by atoms with Crippen molar-refractivity contribution in [3.05, 3.63) is 29.8 Å². The number of halogens is 2. The highest BCUT2D eigenvalue weighted by Crippen LogP contribution is 2.11. The second-order valence-electron chi connectivity index (χ2n) is 3.03. The third-order valence-corrected chi connectivity index (χ3v) is 4.52. The second kappa shape index (κ2) is 6.41. The molecule has 64 valence electrons. The van der Waals surface area contributed by atoms with E-state index in [1.54, 1.807) is 0 Å². The number of hydrogen-bond donors (Lipinski definition) is 0. The summed E-state index contributed by atoms with van der Waals surface area (Å²) in [5.74, 6) is 0.654. The maximum Gasteiger partial charge on any atom is 0.506 e. The van der Waals surface area contributed by atoms with E-state index in [2.05, 4.69) is 51.0 Å². The van der Waals surface area contributed by atoms with Crippen LogP contribution in [0.3, 0.4) is 0 Å². The third kappa shape index (κ3) is 3.77. The van der Waals surface area contributed by atoms with Gasteiger partial charge in [0.2, 0.25) is 0 Å². The number of rotatable bonds is 2. The van der Waals surface area contributed by atoms with Gasteiger partial charge in [-0.15, -0.1) is 17.0 Å². The Morgan fingerprint density at radius 1 is 1.17 bits per heavy atom. The van der Waals surface area contributed by atoms with Crippen LogP contribution in [0.4, 0.5) is 0 Å². The van der Waals surface area contributed by atoms with Crippen molar-refractivity contribution >= 4 is 51.8 Å². The Hall–Kier alpha value is 0.946. The van der Waals surface area contributed by atoms with Gasteiger partial charge in [0.25, 0.3) is 0 Å². The summed E-state index contributed by atoms with van der Waals surface area (Å²) in [6, 6.07) is 8.93. The van der Waals surface area contributed by atoms with Gasteiger partial charge in [0.1, 0.15) is 0 Å². The lowest BCUT2D eigenvalue weighted by Crippen LogP contribution is -2.07. The lowest BCUT2D eigenvalue weighted by molar-refractivity contribution is 0.867. The van der Waals surface area contributed by atoms with Gasteiger partial charge in [-0.05, 0) is 11.5 Å². The first kappa shape index (κ1) is 12.9. The minimum absolute atomic E-state index is 0. The molecule has 0 saturated heterocycles. The molecule has 0 N–H and O–H groups in total. The second-order valence-corrected chi connectivity index (χ2v) is 5.80. The molecule has 3 heteroatoms. The Morgan fingerprint density at radius 3 is 2.00 bits per heavy atom. The van der Waals surface area contributed by atoms with Crippen LogP contribution in [-0.2, 0) is 0 Å². The van der Waals surface area contributed by atoms with Crippen molar-refractivity contribution < 1.29 is 0 Å². The van der Waals surface area contributed by atoms with E-state index in [4.69, 9.17) is 0 Å². The van der Waals surface area contributed by atoms with Gasteiger partial charge in [-0.1, -0.05) is 38.1 Å². The van der Waals surface area contributed by atoms with Crippen molar-refractivity contribution in [2.45, 2.75) is 19.8 Å². The largest absolute Gasteiger partial charge is 0.506 e. The van der Waals surface area contributed by atoms with Crippen molar-refractivity contribution in [2.75, 3.05) is 0 Å². The molecule has 1 aromatic rings. The summed E-state index contributed by atoms with van der Waals surface area (Å²) < 4.78 is 1.48.